The fourth-order valence-corrected chi connectivity index (χ4v) is 2.37. The lowest BCUT2D eigenvalue weighted by Gasteiger charge is -2.15. The van der Waals surface area contributed by atoms with Crippen molar-refractivity contribution >= 4 is 23.2 Å². The van der Waals surface area contributed by atoms with Gasteiger partial charge in [0.1, 0.15) is 5.82 Å². The van der Waals surface area contributed by atoms with E-state index in [1.54, 1.807) is 12.1 Å². The first-order valence-electron chi connectivity index (χ1n) is 5.99. The van der Waals surface area contributed by atoms with Gasteiger partial charge in [0.15, 0.2) is 0 Å². The summed E-state index contributed by atoms with van der Waals surface area (Å²) in [7, 11) is 0. The molecule has 2 N–H and O–H groups in total. The van der Waals surface area contributed by atoms with Crippen LogP contribution < -0.4 is 5.73 Å². The first-order chi connectivity index (χ1) is 9.10. The van der Waals surface area contributed by atoms with Crippen molar-refractivity contribution in [2.75, 3.05) is 6.54 Å². The molecule has 0 heterocycles. The van der Waals surface area contributed by atoms with Gasteiger partial charge in [-0.15, -0.1) is 0 Å². The van der Waals surface area contributed by atoms with Crippen LogP contribution in [-0.2, 0) is 6.42 Å². The molecule has 1 unspecified atom stereocenters. The van der Waals surface area contributed by atoms with Crippen LogP contribution in [0, 0.1) is 5.82 Å². The van der Waals surface area contributed by atoms with E-state index in [0.29, 0.717) is 23.0 Å². The molecule has 19 heavy (non-hydrogen) atoms. The second-order valence-electron chi connectivity index (χ2n) is 4.44. The number of nitrogens with two attached hydrogens (primary N) is 1. The molecule has 0 amide bonds. The van der Waals surface area contributed by atoms with Gasteiger partial charge < -0.3 is 5.73 Å². The summed E-state index contributed by atoms with van der Waals surface area (Å²) in [5.41, 5.74) is 7.72. The maximum Gasteiger partial charge on any atom is 0.123 e. The molecule has 4 heteroatoms. The van der Waals surface area contributed by atoms with Crippen LogP contribution in [0.25, 0.3) is 0 Å². The van der Waals surface area contributed by atoms with Crippen molar-refractivity contribution < 1.29 is 4.39 Å². The van der Waals surface area contributed by atoms with Crippen LogP contribution in [-0.4, -0.2) is 6.54 Å². The smallest absolute Gasteiger partial charge is 0.123 e. The van der Waals surface area contributed by atoms with Gasteiger partial charge in [-0.3, -0.25) is 0 Å². The molecule has 2 aromatic rings. The molecule has 100 valence electrons. The summed E-state index contributed by atoms with van der Waals surface area (Å²) < 4.78 is 13.2. The standard InChI is InChI=1S/C15H14Cl2FN/c16-14-5-4-10(7-15(14)17)6-12(9-19)11-2-1-3-13(18)8-11/h1-5,7-8,12H,6,9,19H2. The Morgan fingerprint density at radius 3 is 2.47 bits per heavy atom. The van der Waals surface area contributed by atoms with Crippen LogP contribution in [0.15, 0.2) is 42.5 Å². The van der Waals surface area contributed by atoms with E-state index in [4.69, 9.17) is 28.9 Å². The van der Waals surface area contributed by atoms with Crippen molar-refractivity contribution in [3.05, 3.63) is 69.5 Å². The van der Waals surface area contributed by atoms with Gasteiger partial charge in [0, 0.05) is 5.92 Å². The summed E-state index contributed by atoms with van der Waals surface area (Å²) in [6, 6.07) is 12.0. The van der Waals surface area contributed by atoms with Gasteiger partial charge in [-0.2, -0.15) is 0 Å². The Morgan fingerprint density at radius 1 is 1.05 bits per heavy atom. The molecule has 0 bridgehead atoms. The minimum absolute atomic E-state index is 0.0629. The molecule has 0 aliphatic carbocycles. The SMILES string of the molecule is NCC(Cc1ccc(Cl)c(Cl)c1)c1cccc(F)c1. The van der Waals surface area contributed by atoms with Crippen molar-refractivity contribution in [3.63, 3.8) is 0 Å². The van der Waals surface area contributed by atoms with Crippen LogP contribution in [0.2, 0.25) is 10.0 Å². The van der Waals surface area contributed by atoms with Gasteiger partial charge in [0.25, 0.3) is 0 Å². The third-order valence-corrected chi connectivity index (χ3v) is 3.81. The summed E-state index contributed by atoms with van der Waals surface area (Å²) in [6.45, 7) is 0.448. The number of benzene rings is 2. The van der Waals surface area contributed by atoms with E-state index in [1.165, 1.54) is 12.1 Å². The molecule has 0 saturated carbocycles. The minimum atomic E-state index is -0.245. The lowest BCUT2D eigenvalue weighted by atomic mass is 9.92. The molecule has 0 aliphatic rings. The van der Waals surface area contributed by atoms with Gasteiger partial charge in [-0.05, 0) is 48.4 Å². The largest absolute Gasteiger partial charge is 0.330 e. The van der Waals surface area contributed by atoms with Crippen LogP contribution in [0.1, 0.15) is 17.0 Å². The Kier molecular flexibility index (Phi) is 4.81. The highest BCUT2D eigenvalue weighted by atomic mass is 35.5. The zero-order valence-electron chi connectivity index (χ0n) is 10.2. The highest BCUT2D eigenvalue weighted by molar-refractivity contribution is 6.42. The van der Waals surface area contributed by atoms with E-state index < -0.39 is 0 Å². The lowest BCUT2D eigenvalue weighted by Crippen LogP contribution is -2.15. The molecular weight excluding hydrogens is 284 g/mol. The van der Waals surface area contributed by atoms with Gasteiger partial charge >= 0.3 is 0 Å². The molecule has 0 saturated heterocycles. The lowest BCUT2D eigenvalue weighted by molar-refractivity contribution is 0.616. The summed E-state index contributed by atoms with van der Waals surface area (Å²) in [6.07, 6.45) is 0.705. The van der Waals surface area contributed by atoms with Crippen LogP contribution in [0.5, 0.6) is 0 Å². The summed E-state index contributed by atoms with van der Waals surface area (Å²) >= 11 is 11.9. The molecule has 0 spiro atoms. The monoisotopic (exact) mass is 297 g/mol. The van der Waals surface area contributed by atoms with Crippen LogP contribution in [0.3, 0.4) is 0 Å². The van der Waals surface area contributed by atoms with E-state index >= 15 is 0 Å². The summed E-state index contributed by atoms with van der Waals surface area (Å²) in [5, 5.41) is 1.05. The Hall–Kier alpha value is -1.09. The van der Waals surface area contributed by atoms with Gasteiger partial charge in [-0.1, -0.05) is 41.4 Å². The molecule has 2 aromatic carbocycles. The van der Waals surface area contributed by atoms with Crippen LogP contribution in [0.4, 0.5) is 4.39 Å². The van der Waals surface area contributed by atoms with Crippen molar-refractivity contribution in [1.82, 2.24) is 0 Å². The summed E-state index contributed by atoms with van der Waals surface area (Å²) in [5.74, 6) is -0.182. The van der Waals surface area contributed by atoms with E-state index in [2.05, 4.69) is 0 Å². The maximum atomic E-state index is 13.2. The second-order valence-corrected chi connectivity index (χ2v) is 5.25. The van der Waals surface area contributed by atoms with Crippen LogP contribution >= 0.6 is 23.2 Å². The third-order valence-electron chi connectivity index (χ3n) is 3.07. The quantitative estimate of drug-likeness (QED) is 0.888. The van der Waals surface area contributed by atoms with Crippen molar-refractivity contribution in [2.24, 2.45) is 5.73 Å². The Balaban J connectivity index is 2.21. The van der Waals surface area contributed by atoms with E-state index in [9.17, 15) is 4.39 Å². The second kappa shape index (κ2) is 6.38. The Labute approximate surface area is 122 Å². The van der Waals surface area contributed by atoms with E-state index in [-0.39, 0.29) is 11.7 Å². The average molecular weight is 298 g/mol. The van der Waals surface area contributed by atoms with E-state index in [0.717, 1.165) is 11.1 Å². The summed E-state index contributed by atoms with van der Waals surface area (Å²) in [4.78, 5) is 0. The zero-order valence-corrected chi connectivity index (χ0v) is 11.8. The van der Waals surface area contributed by atoms with Gasteiger partial charge in [-0.25, -0.2) is 4.39 Å². The Morgan fingerprint density at radius 2 is 1.84 bits per heavy atom. The van der Waals surface area contributed by atoms with Crippen molar-refractivity contribution in [1.29, 1.82) is 0 Å². The molecule has 0 aliphatic heterocycles. The number of hydrogen-bond donors (Lipinski definition) is 1. The highest BCUT2D eigenvalue weighted by Crippen LogP contribution is 2.26. The molecular formula is C15H14Cl2FN. The molecule has 1 nitrogen and oxygen atoms in total. The molecule has 0 fully saturated rings. The number of halogens is 3. The molecule has 1 atom stereocenters. The molecule has 2 rings (SSSR count). The van der Waals surface area contributed by atoms with E-state index in [1.807, 2.05) is 18.2 Å². The first kappa shape index (κ1) is 14.3. The highest BCUT2D eigenvalue weighted by Gasteiger charge is 2.12. The zero-order chi connectivity index (χ0) is 13.8. The molecule has 0 radical (unpaired) electrons. The number of rotatable bonds is 4. The van der Waals surface area contributed by atoms with Gasteiger partial charge in [0.2, 0.25) is 0 Å². The minimum Gasteiger partial charge on any atom is -0.330 e. The fourth-order valence-electron chi connectivity index (χ4n) is 2.05. The molecule has 0 aromatic heterocycles. The third kappa shape index (κ3) is 3.69. The number of hydrogen-bond acceptors (Lipinski definition) is 1. The normalized spacial score (nSPS) is 12.4. The Bertz CT molecular complexity index is 572. The maximum absolute atomic E-state index is 13.2. The van der Waals surface area contributed by atoms with Crippen molar-refractivity contribution in [3.8, 4) is 0 Å². The topological polar surface area (TPSA) is 26.0 Å². The predicted molar refractivity (Wildman–Crippen MR) is 78.4 cm³/mol. The van der Waals surface area contributed by atoms with Crippen molar-refractivity contribution in [2.45, 2.75) is 12.3 Å². The first-order valence-corrected chi connectivity index (χ1v) is 6.75. The average Bonchev–Trinajstić information content (AvgIpc) is 2.40. The van der Waals surface area contributed by atoms with Gasteiger partial charge in [0.05, 0.1) is 10.0 Å². The fraction of sp³-hybridized carbons (Fsp3) is 0.200. The predicted octanol–water partition coefficient (Wildman–Crippen LogP) is 4.42.